The first kappa shape index (κ1) is 24.1. The van der Waals surface area contributed by atoms with Crippen molar-refractivity contribution in [2.75, 3.05) is 13.1 Å². The predicted molar refractivity (Wildman–Crippen MR) is 106 cm³/mol. The molecule has 0 aromatic carbocycles. The molecule has 0 spiro atoms. The Morgan fingerprint density at radius 2 is 1.04 bits per heavy atom. The van der Waals surface area contributed by atoms with E-state index in [9.17, 15) is 0 Å². The summed E-state index contributed by atoms with van der Waals surface area (Å²) in [5.74, 6) is 0. The average molecular weight is 448 g/mol. The number of nitrogens with one attached hydrogen (secondary N) is 4. The summed E-state index contributed by atoms with van der Waals surface area (Å²) in [4.78, 5) is 4.89. The SMILES string of the molecule is [Cl-].[Mn+2].c1cc2nc(c1)CN[C@@H]1CCCC[C@H]1NCCN[C@@H]1CCCC[C@H]1NC2. The van der Waals surface area contributed by atoms with Gasteiger partial charge in [-0.05, 0) is 37.8 Å². The maximum atomic E-state index is 4.89. The summed E-state index contributed by atoms with van der Waals surface area (Å²) in [6.07, 6.45) is 10.5. The van der Waals surface area contributed by atoms with Gasteiger partial charge < -0.3 is 33.7 Å². The van der Waals surface area contributed by atoms with Gasteiger partial charge in [-0.25, -0.2) is 0 Å². The molecule has 28 heavy (non-hydrogen) atoms. The second-order valence-electron chi connectivity index (χ2n) is 8.29. The Morgan fingerprint density at radius 3 is 1.46 bits per heavy atom. The van der Waals surface area contributed by atoms with Crippen molar-refractivity contribution < 1.29 is 29.5 Å². The second kappa shape index (κ2) is 12.5. The molecule has 1 aliphatic heterocycles. The Balaban J connectivity index is 0.00000140. The maximum absolute atomic E-state index is 4.89. The van der Waals surface area contributed by atoms with Crippen LogP contribution < -0.4 is 33.7 Å². The molecule has 157 valence electrons. The molecule has 5 nitrogen and oxygen atoms in total. The van der Waals surface area contributed by atoms with Gasteiger partial charge in [0.25, 0.3) is 0 Å². The molecule has 2 saturated carbocycles. The number of halogens is 1. The van der Waals surface area contributed by atoms with Gasteiger partial charge in [-0.3, -0.25) is 4.98 Å². The zero-order chi connectivity index (χ0) is 17.6. The minimum atomic E-state index is 0. The van der Waals surface area contributed by atoms with Crippen molar-refractivity contribution in [2.24, 2.45) is 0 Å². The number of nitrogens with zero attached hydrogens (tertiary/aromatic N) is 1. The van der Waals surface area contributed by atoms with Crippen LogP contribution in [-0.4, -0.2) is 42.2 Å². The second-order valence-corrected chi connectivity index (χ2v) is 8.29. The zero-order valence-corrected chi connectivity index (χ0v) is 18.7. The van der Waals surface area contributed by atoms with E-state index in [1.54, 1.807) is 0 Å². The first-order chi connectivity index (χ1) is 12.9. The molecule has 4 rings (SSSR count). The molecular weight excluding hydrogens is 413 g/mol. The molecule has 7 heteroatoms. The topological polar surface area (TPSA) is 61.0 Å². The maximum Gasteiger partial charge on any atom is 2.00 e. The summed E-state index contributed by atoms with van der Waals surface area (Å²) < 4.78 is 0. The Bertz CT molecular complexity index is 530. The summed E-state index contributed by atoms with van der Waals surface area (Å²) in [6.45, 7) is 3.89. The summed E-state index contributed by atoms with van der Waals surface area (Å²) in [6, 6.07) is 8.81. The van der Waals surface area contributed by atoms with Crippen LogP contribution in [0, 0.1) is 0 Å². The van der Waals surface area contributed by atoms with Crippen molar-refractivity contribution in [3.63, 3.8) is 0 Å². The van der Waals surface area contributed by atoms with E-state index in [2.05, 4.69) is 39.5 Å². The van der Waals surface area contributed by atoms with Crippen molar-refractivity contribution in [3.8, 4) is 0 Å². The first-order valence-electron chi connectivity index (χ1n) is 10.8. The number of hydrogen-bond donors (Lipinski definition) is 4. The van der Waals surface area contributed by atoms with E-state index < -0.39 is 0 Å². The van der Waals surface area contributed by atoms with Crippen LogP contribution in [0.2, 0.25) is 0 Å². The van der Waals surface area contributed by atoms with Gasteiger partial charge in [0.2, 0.25) is 0 Å². The van der Waals surface area contributed by atoms with Crippen LogP contribution in [0.5, 0.6) is 0 Å². The minimum Gasteiger partial charge on any atom is -1.00 e. The van der Waals surface area contributed by atoms with Crippen molar-refractivity contribution >= 4 is 0 Å². The van der Waals surface area contributed by atoms with Crippen molar-refractivity contribution in [3.05, 3.63) is 29.6 Å². The molecule has 2 fully saturated rings. The van der Waals surface area contributed by atoms with Crippen LogP contribution >= 0.6 is 0 Å². The van der Waals surface area contributed by atoms with Gasteiger partial charge in [0, 0.05) is 50.3 Å². The van der Waals surface area contributed by atoms with Crippen molar-refractivity contribution in [1.82, 2.24) is 26.3 Å². The number of pyridine rings is 1. The largest absolute Gasteiger partial charge is 2.00 e. The normalized spacial score (nSPS) is 31.6. The molecule has 2 heterocycles. The molecule has 4 atom stereocenters. The van der Waals surface area contributed by atoms with Gasteiger partial charge in [0.1, 0.15) is 0 Å². The molecule has 0 amide bonds. The molecule has 1 aromatic heterocycles. The van der Waals surface area contributed by atoms with E-state index in [1.807, 2.05) is 0 Å². The summed E-state index contributed by atoms with van der Waals surface area (Å²) in [7, 11) is 0. The fourth-order valence-electron chi connectivity index (χ4n) is 4.95. The number of fused-ring (bicyclic) bond motifs is 4. The summed E-state index contributed by atoms with van der Waals surface area (Å²) in [5.41, 5.74) is 2.34. The number of hydrogen-bond acceptors (Lipinski definition) is 5. The van der Waals surface area contributed by atoms with E-state index in [1.165, 1.54) is 62.8 Å². The Hall–Kier alpha value is -0.201. The van der Waals surface area contributed by atoms with Gasteiger partial charge in [-0.1, -0.05) is 31.7 Å². The third-order valence-corrected chi connectivity index (χ3v) is 6.43. The van der Waals surface area contributed by atoms with Gasteiger partial charge in [0.05, 0.1) is 11.4 Å². The van der Waals surface area contributed by atoms with Crippen LogP contribution in [-0.2, 0) is 30.2 Å². The minimum absolute atomic E-state index is 0. The smallest absolute Gasteiger partial charge is 1.00 e. The molecule has 0 saturated heterocycles. The molecule has 2 bridgehead atoms. The van der Waals surface area contributed by atoms with Crippen LogP contribution in [0.3, 0.4) is 0 Å². The average Bonchev–Trinajstić information content (AvgIpc) is 2.69. The number of aromatic nitrogens is 1. The third-order valence-electron chi connectivity index (χ3n) is 6.43. The summed E-state index contributed by atoms with van der Waals surface area (Å²) >= 11 is 0. The van der Waals surface area contributed by atoms with E-state index in [-0.39, 0.29) is 29.5 Å². The van der Waals surface area contributed by atoms with E-state index >= 15 is 0 Å². The molecule has 0 unspecified atom stereocenters. The molecule has 4 N–H and O–H groups in total. The Morgan fingerprint density at radius 1 is 0.643 bits per heavy atom. The quantitative estimate of drug-likeness (QED) is 0.387. The summed E-state index contributed by atoms with van der Waals surface area (Å²) in [5, 5.41) is 15.2. The first-order valence-corrected chi connectivity index (χ1v) is 10.8. The molecular formula is C21H35ClMnN5+. The predicted octanol–water partition coefficient (Wildman–Crippen LogP) is -0.922. The van der Waals surface area contributed by atoms with E-state index in [0.29, 0.717) is 24.2 Å². The van der Waals surface area contributed by atoms with Gasteiger partial charge in [-0.15, -0.1) is 0 Å². The molecule has 3 aliphatic rings. The zero-order valence-electron chi connectivity index (χ0n) is 16.7. The van der Waals surface area contributed by atoms with Crippen LogP contribution in [0.15, 0.2) is 18.2 Å². The van der Waals surface area contributed by atoms with Gasteiger partial charge in [-0.2, -0.15) is 0 Å². The monoisotopic (exact) mass is 447 g/mol. The Kier molecular flexibility index (Phi) is 10.7. The van der Waals surface area contributed by atoms with Crippen LogP contribution in [0.4, 0.5) is 0 Å². The Labute approximate surface area is 186 Å². The third kappa shape index (κ3) is 6.66. The molecule has 2 aliphatic carbocycles. The number of rotatable bonds is 0. The van der Waals surface area contributed by atoms with E-state index in [4.69, 9.17) is 4.98 Å². The fourth-order valence-corrected chi connectivity index (χ4v) is 4.95. The molecule has 1 aromatic rings. The van der Waals surface area contributed by atoms with Crippen LogP contribution in [0.1, 0.15) is 62.8 Å². The van der Waals surface area contributed by atoms with Gasteiger partial charge >= 0.3 is 17.1 Å². The van der Waals surface area contributed by atoms with Crippen molar-refractivity contribution in [1.29, 1.82) is 0 Å². The fraction of sp³-hybridized carbons (Fsp3) is 0.762. The van der Waals surface area contributed by atoms with E-state index in [0.717, 1.165) is 26.2 Å². The standard InChI is InChI=1S/C21H35N5.ClH.Mn/c1-3-10-20-18(8-1)22-12-13-23-19-9-2-4-11-21(19)25-15-17-7-5-6-16(26-17)14-24-20;;/h5-7,18-25H,1-4,8-15H2;1H;/q;;+2/p-1/t18-,19-,20-,21-;;/m1../s1. The van der Waals surface area contributed by atoms with Crippen LogP contribution in [0.25, 0.3) is 0 Å². The van der Waals surface area contributed by atoms with Gasteiger partial charge in [0.15, 0.2) is 0 Å². The molecule has 1 radical (unpaired) electrons. The van der Waals surface area contributed by atoms with Crippen molar-refractivity contribution in [2.45, 2.75) is 88.6 Å².